The van der Waals surface area contributed by atoms with Gasteiger partial charge in [0.05, 0.1) is 0 Å². The maximum atomic E-state index is 13.7. The van der Waals surface area contributed by atoms with Gasteiger partial charge in [-0.25, -0.2) is 18.0 Å². The summed E-state index contributed by atoms with van der Waals surface area (Å²) in [7, 11) is 1.38. The van der Waals surface area contributed by atoms with Crippen LogP contribution < -0.4 is 4.90 Å². The van der Waals surface area contributed by atoms with Gasteiger partial charge in [-0.15, -0.1) is 0 Å². The molecule has 0 saturated carbocycles. The number of nitrogens with zero attached hydrogens (tertiary/aromatic N) is 2. The van der Waals surface area contributed by atoms with Crippen molar-refractivity contribution in [3.63, 3.8) is 0 Å². The van der Waals surface area contributed by atoms with Gasteiger partial charge in [-0.05, 0) is 64.7 Å². The first kappa shape index (κ1) is 26.1. The molecule has 1 N–H and O–H groups in total. The smallest absolute Gasteiger partial charge is 0.413 e. The van der Waals surface area contributed by atoms with Gasteiger partial charge in [0.2, 0.25) is 5.88 Å². The van der Waals surface area contributed by atoms with Gasteiger partial charge in [0.25, 0.3) is 11.8 Å². The van der Waals surface area contributed by atoms with Gasteiger partial charge in [-0.3, -0.25) is 9.69 Å². The number of carboxylic acid groups (broad SMARTS) is 1. The monoisotopic (exact) mass is 534 g/mol. The molecule has 4 aromatic rings. The van der Waals surface area contributed by atoms with Crippen LogP contribution >= 0.6 is 0 Å². The van der Waals surface area contributed by atoms with Crippen LogP contribution in [0.15, 0.2) is 83.3 Å². The fourth-order valence-electron chi connectivity index (χ4n) is 4.58. The quantitative estimate of drug-likeness (QED) is 0.289. The van der Waals surface area contributed by atoms with Crippen LogP contribution in [0.2, 0.25) is 0 Å². The van der Waals surface area contributed by atoms with Crippen molar-refractivity contribution in [1.82, 2.24) is 4.90 Å². The fourth-order valence-corrected chi connectivity index (χ4v) is 4.58. The van der Waals surface area contributed by atoms with Crippen LogP contribution in [0.3, 0.4) is 0 Å². The van der Waals surface area contributed by atoms with E-state index in [1.807, 2.05) is 18.2 Å². The Hall–Kier alpha value is -4.53. The number of anilines is 1. The molecule has 1 fully saturated rings. The Morgan fingerprint density at radius 1 is 0.846 bits per heavy atom. The zero-order chi connectivity index (χ0) is 27.7. The molecule has 1 aliphatic rings. The van der Waals surface area contributed by atoms with E-state index in [-0.39, 0.29) is 43.5 Å². The van der Waals surface area contributed by atoms with E-state index in [2.05, 4.69) is 0 Å². The standard InChI is InChI=1S/C30H25F3N2O4/c1-34(29(37)38)27-13-12-26(39-27)24-11-8-22(18-25(24)20-6-9-23(31)10-7-20)19-2-4-21(5-3-19)28(36)35-16-14-30(32,33)15-17-35/h2-13,18H,14-17H2,1H3,(H,37,38). The summed E-state index contributed by atoms with van der Waals surface area (Å²) in [6, 6.07) is 21.8. The lowest BCUT2D eigenvalue weighted by Crippen LogP contribution is -2.42. The predicted molar refractivity (Wildman–Crippen MR) is 141 cm³/mol. The zero-order valence-corrected chi connectivity index (χ0v) is 21.0. The Labute approximate surface area is 222 Å². The third-order valence-electron chi connectivity index (χ3n) is 6.90. The molecule has 1 aromatic heterocycles. The Morgan fingerprint density at radius 3 is 2.10 bits per heavy atom. The molecular weight excluding hydrogens is 509 g/mol. The van der Waals surface area contributed by atoms with E-state index in [0.29, 0.717) is 16.9 Å². The fraction of sp³-hybridized carbons (Fsp3) is 0.200. The van der Waals surface area contributed by atoms with Gasteiger partial charge in [0.15, 0.2) is 0 Å². The Balaban J connectivity index is 1.46. The largest absolute Gasteiger partial charge is 0.465 e. The lowest BCUT2D eigenvalue weighted by atomic mass is 9.93. The average molecular weight is 535 g/mol. The molecule has 0 unspecified atom stereocenters. The first-order valence-corrected chi connectivity index (χ1v) is 12.4. The summed E-state index contributed by atoms with van der Waals surface area (Å²) in [5, 5.41) is 9.26. The van der Waals surface area contributed by atoms with Crippen molar-refractivity contribution in [1.29, 1.82) is 0 Å². The zero-order valence-electron chi connectivity index (χ0n) is 21.0. The van der Waals surface area contributed by atoms with Gasteiger partial charge in [0.1, 0.15) is 11.6 Å². The van der Waals surface area contributed by atoms with Crippen molar-refractivity contribution < 1.29 is 32.3 Å². The van der Waals surface area contributed by atoms with Gasteiger partial charge in [-0.1, -0.05) is 30.3 Å². The summed E-state index contributed by atoms with van der Waals surface area (Å²) >= 11 is 0. The predicted octanol–water partition coefficient (Wildman–Crippen LogP) is 7.41. The van der Waals surface area contributed by atoms with Gasteiger partial charge in [-0.2, -0.15) is 0 Å². The molecule has 2 heterocycles. The molecule has 9 heteroatoms. The SMILES string of the molecule is CN(C(=O)O)c1ccc(-c2ccc(-c3ccc(C(=O)N4CCC(F)(F)CC4)cc3)cc2-c2ccc(F)cc2)o1. The maximum absolute atomic E-state index is 13.7. The molecule has 0 radical (unpaired) electrons. The van der Waals surface area contributed by atoms with Crippen molar-refractivity contribution in [2.75, 3.05) is 25.0 Å². The molecule has 3 aromatic carbocycles. The Bertz CT molecular complexity index is 1500. The topological polar surface area (TPSA) is 74.0 Å². The summed E-state index contributed by atoms with van der Waals surface area (Å²) in [5.41, 5.74) is 4.21. The number of hydrogen-bond donors (Lipinski definition) is 1. The molecule has 200 valence electrons. The minimum absolute atomic E-state index is 0.0207. The van der Waals surface area contributed by atoms with Crippen LogP contribution in [0.25, 0.3) is 33.6 Å². The van der Waals surface area contributed by atoms with E-state index < -0.39 is 12.0 Å². The number of carbonyl (C=O) groups excluding carboxylic acids is 1. The highest BCUT2D eigenvalue weighted by molar-refractivity contribution is 5.95. The number of rotatable bonds is 5. The number of likely N-dealkylation sites (tertiary alicyclic amines) is 1. The number of carbonyl (C=O) groups is 2. The van der Waals surface area contributed by atoms with E-state index in [1.165, 1.54) is 24.1 Å². The van der Waals surface area contributed by atoms with Crippen LogP contribution in [-0.2, 0) is 0 Å². The number of furan rings is 1. The summed E-state index contributed by atoms with van der Waals surface area (Å²) in [4.78, 5) is 26.6. The molecule has 6 nitrogen and oxygen atoms in total. The molecule has 2 amide bonds. The van der Waals surface area contributed by atoms with E-state index in [4.69, 9.17) is 4.42 Å². The summed E-state index contributed by atoms with van der Waals surface area (Å²) in [6.07, 6.45) is -1.83. The molecule has 0 aliphatic carbocycles. The van der Waals surface area contributed by atoms with Crippen molar-refractivity contribution in [2.45, 2.75) is 18.8 Å². The van der Waals surface area contributed by atoms with E-state index in [1.54, 1.807) is 48.5 Å². The molecule has 0 bridgehead atoms. The van der Waals surface area contributed by atoms with Crippen molar-refractivity contribution in [3.05, 3.63) is 90.2 Å². The minimum Gasteiger partial charge on any atom is -0.465 e. The highest BCUT2D eigenvalue weighted by atomic mass is 19.3. The van der Waals surface area contributed by atoms with Crippen molar-refractivity contribution >= 4 is 17.9 Å². The maximum Gasteiger partial charge on any atom is 0.413 e. The second-order valence-electron chi connectivity index (χ2n) is 9.47. The molecule has 5 rings (SSSR count). The first-order valence-electron chi connectivity index (χ1n) is 12.4. The number of piperidine rings is 1. The van der Waals surface area contributed by atoms with Crippen LogP contribution in [0.5, 0.6) is 0 Å². The Morgan fingerprint density at radius 2 is 1.46 bits per heavy atom. The van der Waals surface area contributed by atoms with Gasteiger partial charge in [0, 0.05) is 50.2 Å². The molecule has 1 saturated heterocycles. The normalized spacial score (nSPS) is 14.7. The summed E-state index contributed by atoms with van der Waals surface area (Å²) in [6.45, 7) is 0.0413. The third-order valence-corrected chi connectivity index (χ3v) is 6.90. The van der Waals surface area contributed by atoms with Crippen LogP contribution in [0.4, 0.5) is 23.8 Å². The molecule has 0 spiro atoms. The van der Waals surface area contributed by atoms with Crippen molar-refractivity contribution in [2.24, 2.45) is 0 Å². The molecule has 39 heavy (non-hydrogen) atoms. The molecular formula is C30H25F3N2O4. The lowest BCUT2D eigenvalue weighted by molar-refractivity contribution is -0.0494. The molecule has 1 aliphatic heterocycles. The third kappa shape index (κ3) is 5.52. The number of hydrogen-bond acceptors (Lipinski definition) is 3. The average Bonchev–Trinajstić information content (AvgIpc) is 3.42. The lowest BCUT2D eigenvalue weighted by Gasteiger charge is -2.31. The van der Waals surface area contributed by atoms with E-state index in [0.717, 1.165) is 27.2 Å². The van der Waals surface area contributed by atoms with Gasteiger partial charge < -0.3 is 14.4 Å². The number of amides is 2. The summed E-state index contributed by atoms with van der Waals surface area (Å²) in [5.74, 6) is -2.78. The van der Waals surface area contributed by atoms with Crippen LogP contribution in [0.1, 0.15) is 23.2 Å². The second kappa shape index (κ2) is 10.3. The second-order valence-corrected chi connectivity index (χ2v) is 9.47. The minimum atomic E-state index is -2.72. The van der Waals surface area contributed by atoms with E-state index >= 15 is 0 Å². The first-order chi connectivity index (χ1) is 18.6. The van der Waals surface area contributed by atoms with Crippen molar-refractivity contribution in [3.8, 4) is 33.6 Å². The van der Waals surface area contributed by atoms with Gasteiger partial charge >= 0.3 is 6.09 Å². The highest BCUT2D eigenvalue weighted by Gasteiger charge is 2.35. The number of halogens is 3. The van der Waals surface area contributed by atoms with Crippen LogP contribution in [0, 0.1) is 5.82 Å². The highest BCUT2D eigenvalue weighted by Crippen LogP contribution is 2.38. The Kier molecular flexibility index (Phi) is 6.91. The molecule has 0 atom stereocenters. The van der Waals surface area contributed by atoms with E-state index in [9.17, 15) is 27.9 Å². The number of alkyl halides is 2. The summed E-state index contributed by atoms with van der Waals surface area (Å²) < 4.78 is 46.4. The number of benzene rings is 3. The van der Waals surface area contributed by atoms with Crippen LogP contribution in [-0.4, -0.2) is 48.1 Å².